The lowest BCUT2D eigenvalue weighted by Gasteiger charge is -2.12. The lowest BCUT2D eigenvalue weighted by atomic mass is 10.1. The Hall–Kier alpha value is -2.30. The van der Waals surface area contributed by atoms with Crippen LogP contribution in [-0.2, 0) is 0 Å². The number of hydrogen-bond acceptors (Lipinski definition) is 4. The van der Waals surface area contributed by atoms with Crippen molar-refractivity contribution < 1.29 is 18.6 Å². The smallest absolute Gasteiger partial charge is 0.205 e. The SMILES string of the molecule is COc1cc2c([nH]c3occc32)c(OC)c1OC. The summed E-state index contributed by atoms with van der Waals surface area (Å²) in [6.07, 6.45) is 1.64. The van der Waals surface area contributed by atoms with Gasteiger partial charge in [0.25, 0.3) is 0 Å². The largest absolute Gasteiger partial charge is 0.493 e. The molecule has 0 amide bonds. The van der Waals surface area contributed by atoms with Gasteiger partial charge < -0.3 is 23.6 Å². The number of ether oxygens (including phenoxy) is 3. The Labute approximate surface area is 103 Å². The van der Waals surface area contributed by atoms with Gasteiger partial charge in [0.1, 0.15) is 0 Å². The molecule has 94 valence electrons. The van der Waals surface area contributed by atoms with Crippen molar-refractivity contribution in [1.82, 2.24) is 4.98 Å². The van der Waals surface area contributed by atoms with Crippen LogP contribution < -0.4 is 14.2 Å². The summed E-state index contributed by atoms with van der Waals surface area (Å²) in [4.78, 5) is 3.18. The quantitative estimate of drug-likeness (QED) is 0.773. The van der Waals surface area contributed by atoms with E-state index in [0.29, 0.717) is 23.0 Å². The van der Waals surface area contributed by atoms with E-state index < -0.39 is 0 Å². The molecule has 0 saturated heterocycles. The van der Waals surface area contributed by atoms with E-state index in [1.54, 1.807) is 27.6 Å². The van der Waals surface area contributed by atoms with Crippen LogP contribution in [-0.4, -0.2) is 26.3 Å². The zero-order valence-corrected chi connectivity index (χ0v) is 10.4. The summed E-state index contributed by atoms with van der Waals surface area (Å²) >= 11 is 0. The second-order valence-corrected chi connectivity index (χ2v) is 3.86. The molecule has 2 heterocycles. The van der Waals surface area contributed by atoms with Gasteiger partial charge in [0.2, 0.25) is 11.5 Å². The number of aromatic amines is 1. The fourth-order valence-electron chi connectivity index (χ4n) is 2.22. The molecule has 0 aliphatic rings. The van der Waals surface area contributed by atoms with Crippen LogP contribution in [0.1, 0.15) is 0 Å². The second kappa shape index (κ2) is 3.87. The highest BCUT2D eigenvalue weighted by Gasteiger charge is 2.19. The number of methoxy groups -OCH3 is 3. The predicted octanol–water partition coefficient (Wildman–Crippen LogP) is 2.94. The van der Waals surface area contributed by atoms with Crippen LogP contribution in [0.2, 0.25) is 0 Å². The highest BCUT2D eigenvalue weighted by atomic mass is 16.5. The van der Waals surface area contributed by atoms with Gasteiger partial charge in [-0.05, 0) is 12.1 Å². The molecule has 5 nitrogen and oxygen atoms in total. The van der Waals surface area contributed by atoms with Crippen molar-refractivity contribution in [3.8, 4) is 17.2 Å². The molecular weight excluding hydrogens is 234 g/mol. The zero-order valence-electron chi connectivity index (χ0n) is 10.4. The minimum atomic E-state index is 0.566. The molecule has 0 atom stereocenters. The standard InChI is InChI=1S/C13H13NO4/c1-15-9-6-8-7-4-5-18-13(7)14-10(8)12(17-3)11(9)16-2/h4-6,14H,1-3H3. The van der Waals surface area contributed by atoms with Crippen molar-refractivity contribution in [2.45, 2.75) is 0 Å². The van der Waals surface area contributed by atoms with Crippen molar-refractivity contribution in [3.63, 3.8) is 0 Å². The Morgan fingerprint density at radius 2 is 1.78 bits per heavy atom. The van der Waals surface area contributed by atoms with Gasteiger partial charge in [-0.15, -0.1) is 0 Å². The minimum Gasteiger partial charge on any atom is -0.493 e. The van der Waals surface area contributed by atoms with E-state index in [-0.39, 0.29) is 0 Å². The fraction of sp³-hybridized carbons (Fsp3) is 0.231. The third kappa shape index (κ3) is 1.27. The number of furan rings is 1. The van der Waals surface area contributed by atoms with Crippen LogP contribution in [0.4, 0.5) is 0 Å². The Balaban J connectivity index is 2.47. The van der Waals surface area contributed by atoms with E-state index in [0.717, 1.165) is 16.3 Å². The molecule has 0 saturated carbocycles. The third-order valence-electron chi connectivity index (χ3n) is 3.02. The van der Waals surface area contributed by atoms with Crippen molar-refractivity contribution in [1.29, 1.82) is 0 Å². The van der Waals surface area contributed by atoms with Crippen molar-refractivity contribution in [2.75, 3.05) is 21.3 Å². The normalized spacial score (nSPS) is 11.1. The molecule has 0 unspecified atom stereocenters. The van der Waals surface area contributed by atoms with Crippen LogP contribution in [0.5, 0.6) is 17.2 Å². The Bertz CT molecular complexity index is 710. The molecular formula is C13H13NO4. The summed E-state index contributed by atoms with van der Waals surface area (Å²) in [6, 6.07) is 3.81. The maximum atomic E-state index is 5.41. The number of fused-ring (bicyclic) bond motifs is 3. The molecule has 0 radical (unpaired) electrons. The number of hydrogen-bond donors (Lipinski definition) is 1. The second-order valence-electron chi connectivity index (χ2n) is 3.86. The molecule has 1 aromatic carbocycles. The molecule has 18 heavy (non-hydrogen) atoms. The number of nitrogens with one attached hydrogen (secondary N) is 1. The fourth-order valence-corrected chi connectivity index (χ4v) is 2.22. The molecule has 3 rings (SSSR count). The van der Waals surface area contributed by atoms with Gasteiger partial charge in [-0.3, -0.25) is 0 Å². The van der Waals surface area contributed by atoms with Gasteiger partial charge in [-0.25, -0.2) is 0 Å². The van der Waals surface area contributed by atoms with Crippen LogP contribution in [0.25, 0.3) is 22.0 Å². The molecule has 0 aliphatic carbocycles. The van der Waals surface area contributed by atoms with Crippen molar-refractivity contribution >= 4 is 22.0 Å². The first kappa shape index (κ1) is 10.8. The maximum Gasteiger partial charge on any atom is 0.205 e. The molecule has 0 aliphatic heterocycles. The summed E-state index contributed by atoms with van der Waals surface area (Å²) in [6.45, 7) is 0. The maximum absolute atomic E-state index is 5.41. The highest BCUT2D eigenvalue weighted by Crippen LogP contribution is 2.45. The average Bonchev–Trinajstić information content (AvgIpc) is 2.96. The van der Waals surface area contributed by atoms with Crippen LogP contribution in [0.3, 0.4) is 0 Å². The Kier molecular flexibility index (Phi) is 2.33. The number of rotatable bonds is 3. The van der Waals surface area contributed by atoms with Crippen LogP contribution in [0.15, 0.2) is 22.8 Å². The van der Waals surface area contributed by atoms with E-state index >= 15 is 0 Å². The first-order valence-electron chi connectivity index (χ1n) is 5.48. The van der Waals surface area contributed by atoms with E-state index in [9.17, 15) is 0 Å². The number of aromatic nitrogens is 1. The van der Waals surface area contributed by atoms with E-state index in [1.165, 1.54) is 0 Å². The predicted molar refractivity (Wildman–Crippen MR) is 67.7 cm³/mol. The summed E-state index contributed by atoms with van der Waals surface area (Å²) in [5.41, 5.74) is 1.54. The number of H-pyrrole nitrogens is 1. The van der Waals surface area contributed by atoms with E-state index in [2.05, 4.69) is 4.98 Å². The molecule has 1 N–H and O–H groups in total. The first-order valence-corrected chi connectivity index (χ1v) is 5.48. The molecule has 3 aromatic rings. The zero-order chi connectivity index (χ0) is 12.7. The summed E-state index contributed by atoms with van der Waals surface area (Å²) in [5.74, 6) is 1.80. The molecule has 0 fully saturated rings. The highest BCUT2D eigenvalue weighted by molar-refractivity contribution is 6.09. The first-order chi connectivity index (χ1) is 8.80. The topological polar surface area (TPSA) is 56.6 Å². The average molecular weight is 247 g/mol. The molecule has 0 bridgehead atoms. The van der Waals surface area contributed by atoms with Crippen molar-refractivity contribution in [3.05, 3.63) is 18.4 Å². The Morgan fingerprint density at radius 1 is 1.00 bits per heavy atom. The minimum absolute atomic E-state index is 0.566. The molecule has 0 spiro atoms. The van der Waals surface area contributed by atoms with Gasteiger partial charge in [0.05, 0.1) is 33.1 Å². The third-order valence-corrected chi connectivity index (χ3v) is 3.02. The van der Waals surface area contributed by atoms with Gasteiger partial charge in [-0.1, -0.05) is 0 Å². The Morgan fingerprint density at radius 3 is 2.44 bits per heavy atom. The van der Waals surface area contributed by atoms with Crippen molar-refractivity contribution in [2.24, 2.45) is 0 Å². The summed E-state index contributed by atoms with van der Waals surface area (Å²) < 4.78 is 21.4. The summed E-state index contributed by atoms with van der Waals surface area (Å²) in [7, 11) is 4.78. The van der Waals surface area contributed by atoms with E-state index in [4.69, 9.17) is 18.6 Å². The van der Waals surface area contributed by atoms with E-state index in [1.807, 2.05) is 12.1 Å². The lowest BCUT2D eigenvalue weighted by Crippen LogP contribution is -1.95. The monoisotopic (exact) mass is 247 g/mol. The van der Waals surface area contributed by atoms with Crippen LogP contribution in [0, 0.1) is 0 Å². The van der Waals surface area contributed by atoms with Gasteiger partial charge in [0.15, 0.2) is 11.5 Å². The van der Waals surface area contributed by atoms with Gasteiger partial charge >= 0.3 is 0 Å². The van der Waals surface area contributed by atoms with Gasteiger partial charge in [-0.2, -0.15) is 0 Å². The molecule has 5 heteroatoms. The van der Waals surface area contributed by atoms with Gasteiger partial charge in [0, 0.05) is 10.8 Å². The summed E-state index contributed by atoms with van der Waals surface area (Å²) in [5, 5.41) is 1.97. The lowest BCUT2D eigenvalue weighted by molar-refractivity contribution is 0.327. The molecule has 2 aromatic heterocycles. The number of benzene rings is 1. The van der Waals surface area contributed by atoms with Crippen LogP contribution >= 0.6 is 0 Å².